The molecule has 0 bridgehead atoms. The van der Waals surface area contributed by atoms with Crippen LogP contribution in [0.3, 0.4) is 0 Å². The summed E-state index contributed by atoms with van der Waals surface area (Å²) < 4.78 is 34.7. The normalized spacial score (nSPS) is 45.7. The van der Waals surface area contributed by atoms with Crippen molar-refractivity contribution < 1.29 is 74.1 Å². The third-order valence-electron chi connectivity index (χ3n) is 7.33. The summed E-state index contributed by atoms with van der Waals surface area (Å²) in [6.07, 6.45) is -19.6. The molecule has 0 aromatic rings. The molecule has 1 amide bonds. The van der Waals surface area contributed by atoms with Gasteiger partial charge in [0.1, 0.15) is 61.0 Å². The van der Waals surface area contributed by atoms with E-state index >= 15 is 0 Å². The molecule has 3 rings (SSSR count). The standard InChI is InChI=1S/C24H44N2O15/c1-9-16(30)20(34)21(35)24(37-9)39-12-6-11(17(31)13(7-27)40-22(12)36-5-3-4-25)38-23-15(26-10(2)29)19(33)18(32)14(8-28)41-23/h9,11-24,27-28,30-35H,3-8,25H2,1-2H3,(H,26,29)/t9?,11?,12?,13?,14?,15?,16-,17-,18+,19?,20?,21?,22-,23+,24+/m1/s1. The Kier molecular flexibility index (Phi) is 13.0. The second-order valence-electron chi connectivity index (χ2n) is 10.4. The van der Waals surface area contributed by atoms with E-state index in [1.165, 1.54) is 13.8 Å². The first-order valence-electron chi connectivity index (χ1n) is 13.6. The zero-order valence-electron chi connectivity index (χ0n) is 22.9. The summed E-state index contributed by atoms with van der Waals surface area (Å²) >= 11 is 0. The Morgan fingerprint density at radius 1 is 0.805 bits per heavy atom. The van der Waals surface area contributed by atoms with Crippen LogP contribution in [0.2, 0.25) is 0 Å². The van der Waals surface area contributed by atoms with Gasteiger partial charge in [-0.2, -0.15) is 0 Å². The maximum atomic E-state index is 11.8. The molecule has 3 fully saturated rings. The van der Waals surface area contributed by atoms with Crippen LogP contribution in [-0.2, 0) is 33.2 Å². The molecule has 9 unspecified atom stereocenters. The molecule has 0 radical (unpaired) electrons. The lowest BCUT2D eigenvalue weighted by atomic mass is 9.96. The number of amides is 1. The predicted octanol–water partition coefficient (Wildman–Crippen LogP) is -5.64. The van der Waals surface area contributed by atoms with Crippen LogP contribution in [0.5, 0.6) is 0 Å². The number of hydrogen-bond acceptors (Lipinski definition) is 16. The molecule has 15 atom stereocenters. The molecule has 3 heterocycles. The Hall–Kier alpha value is -1.13. The molecular formula is C24H44N2O15. The van der Waals surface area contributed by atoms with Crippen molar-refractivity contribution in [2.24, 2.45) is 5.73 Å². The monoisotopic (exact) mass is 600 g/mol. The highest BCUT2D eigenvalue weighted by atomic mass is 16.8. The van der Waals surface area contributed by atoms with E-state index in [1.807, 2.05) is 0 Å². The predicted molar refractivity (Wildman–Crippen MR) is 133 cm³/mol. The zero-order chi connectivity index (χ0) is 30.4. The van der Waals surface area contributed by atoms with Crippen molar-refractivity contribution in [3.05, 3.63) is 0 Å². The second kappa shape index (κ2) is 15.6. The fourth-order valence-corrected chi connectivity index (χ4v) is 4.95. The van der Waals surface area contributed by atoms with Gasteiger partial charge in [-0.05, 0) is 19.9 Å². The molecule has 0 aromatic carbocycles. The number of ether oxygens (including phenoxy) is 6. The Labute approximate surface area is 236 Å². The van der Waals surface area contributed by atoms with Crippen LogP contribution >= 0.6 is 0 Å². The summed E-state index contributed by atoms with van der Waals surface area (Å²) in [6.45, 7) is 1.60. The van der Waals surface area contributed by atoms with Crippen LogP contribution in [0.15, 0.2) is 0 Å². The van der Waals surface area contributed by atoms with E-state index in [0.717, 1.165) is 0 Å². The number of carbonyl (C=O) groups excluding carboxylic acids is 1. The highest BCUT2D eigenvalue weighted by Crippen LogP contribution is 2.32. The Morgan fingerprint density at radius 3 is 2.02 bits per heavy atom. The molecule has 240 valence electrons. The van der Waals surface area contributed by atoms with Crippen molar-refractivity contribution in [3.63, 3.8) is 0 Å². The van der Waals surface area contributed by atoms with Crippen LogP contribution in [0, 0.1) is 0 Å². The molecule has 17 nitrogen and oxygen atoms in total. The van der Waals surface area contributed by atoms with E-state index in [9.17, 15) is 45.6 Å². The maximum absolute atomic E-state index is 11.8. The van der Waals surface area contributed by atoms with Gasteiger partial charge in [-0.1, -0.05) is 0 Å². The van der Waals surface area contributed by atoms with Gasteiger partial charge in [0.2, 0.25) is 5.91 Å². The van der Waals surface area contributed by atoms with Gasteiger partial charge in [-0.15, -0.1) is 0 Å². The summed E-state index contributed by atoms with van der Waals surface area (Å²) in [7, 11) is 0. The first-order chi connectivity index (χ1) is 19.4. The smallest absolute Gasteiger partial charge is 0.217 e. The Morgan fingerprint density at radius 2 is 1.41 bits per heavy atom. The van der Waals surface area contributed by atoms with Gasteiger partial charge >= 0.3 is 0 Å². The van der Waals surface area contributed by atoms with Crippen molar-refractivity contribution in [3.8, 4) is 0 Å². The summed E-state index contributed by atoms with van der Waals surface area (Å²) in [5.41, 5.74) is 5.56. The SMILES string of the molecule is CC(=O)NC1C(O)[C@@H](O)C(CO)O[C@@H]1OC1CC(O[C@@H]2OC(C)[C@@H](O)C(O)C2O)[C@H](OCCCN)OC(CO)[C@@H]1O. The molecule has 3 aliphatic heterocycles. The molecular weight excluding hydrogens is 556 g/mol. The summed E-state index contributed by atoms with van der Waals surface area (Å²) in [5.74, 6) is -0.591. The van der Waals surface area contributed by atoms with Gasteiger partial charge in [0.25, 0.3) is 0 Å². The first kappa shape index (κ1) is 34.4. The van der Waals surface area contributed by atoms with Gasteiger partial charge in [0.15, 0.2) is 18.9 Å². The van der Waals surface area contributed by atoms with E-state index in [0.29, 0.717) is 6.42 Å². The summed E-state index contributed by atoms with van der Waals surface area (Å²) in [4.78, 5) is 11.8. The van der Waals surface area contributed by atoms with Crippen molar-refractivity contribution in [1.82, 2.24) is 5.32 Å². The topological polar surface area (TPSA) is 272 Å². The Bertz CT molecular complexity index is 813. The van der Waals surface area contributed by atoms with Crippen LogP contribution in [0.4, 0.5) is 0 Å². The summed E-state index contributed by atoms with van der Waals surface area (Å²) in [6, 6.07) is -1.33. The molecule has 3 aliphatic rings. The highest BCUT2D eigenvalue weighted by Gasteiger charge is 2.50. The number of nitrogens with two attached hydrogens (primary N) is 1. The minimum Gasteiger partial charge on any atom is -0.394 e. The molecule has 0 spiro atoms. The average Bonchev–Trinajstić information content (AvgIpc) is 3.06. The Balaban J connectivity index is 1.90. The number of nitrogens with one attached hydrogen (secondary N) is 1. The lowest BCUT2D eigenvalue weighted by Gasteiger charge is -2.44. The molecule has 3 saturated heterocycles. The number of carbonyl (C=O) groups is 1. The van der Waals surface area contributed by atoms with Crippen molar-refractivity contribution >= 4 is 5.91 Å². The van der Waals surface area contributed by atoms with Crippen molar-refractivity contribution in [2.45, 2.75) is 119 Å². The first-order valence-corrected chi connectivity index (χ1v) is 13.6. The van der Waals surface area contributed by atoms with E-state index in [2.05, 4.69) is 5.32 Å². The zero-order valence-corrected chi connectivity index (χ0v) is 22.9. The van der Waals surface area contributed by atoms with Crippen LogP contribution in [-0.4, -0.2) is 165 Å². The number of aliphatic hydroxyl groups is 8. The second-order valence-corrected chi connectivity index (χ2v) is 10.4. The van der Waals surface area contributed by atoms with E-state index in [-0.39, 0.29) is 19.6 Å². The van der Waals surface area contributed by atoms with Gasteiger partial charge in [0.05, 0.1) is 32.0 Å². The lowest BCUT2D eigenvalue weighted by Crippen LogP contribution is -2.65. The van der Waals surface area contributed by atoms with Gasteiger partial charge in [0, 0.05) is 13.3 Å². The van der Waals surface area contributed by atoms with Gasteiger partial charge in [-0.3, -0.25) is 4.79 Å². The molecule has 0 aromatic heterocycles. The average molecular weight is 601 g/mol. The fourth-order valence-electron chi connectivity index (χ4n) is 4.95. The van der Waals surface area contributed by atoms with Crippen LogP contribution < -0.4 is 11.1 Å². The minimum absolute atomic E-state index is 0.0885. The number of rotatable bonds is 11. The van der Waals surface area contributed by atoms with Gasteiger partial charge in [-0.25, -0.2) is 0 Å². The highest BCUT2D eigenvalue weighted by molar-refractivity contribution is 5.73. The minimum atomic E-state index is -1.68. The van der Waals surface area contributed by atoms with Crippen molar-refractivity contribution in [2.75, 3.05) is 26.4 Å². The van der Waals surface area contributed by atoms with Crippen LogP contribution in [0.25, 0.3) is 0 Å². The lowest BCUT2D eigenvalue weighted by molar-refractivity contribution is -0.330. The number of hydrogen-bond donors (Lipinski definition) is 10. The molecule has 41 heavy (non-hydrogen) atoms. The largest absolute Gasteiger partial charge is 0.394 e. The maximum Gasteiger partial charge on any atom is 0.217 e. The van der Waals surface area contributed by atoms with E-state index in [1.54, 1.807) is 0 Å². The van der Waals surface area contributed by atoms with Crippen molar-refractivity contribution in [1.29, 1.82) is 0 Å². The van der Waals surface area contributed by atoms with E-state index in [4.69, 9.17) is 34.2 Å². The molecule has 11 N–H and O–H groups in total. The third-order valence-corrected chi connectivity index (χ3v) is 7.33. The van der Waals surface area contributed by atoms with Crippen LogP contribution in [0.1, 0.15) is 26.7 Å². The third kappa shape index (κ3) is 8.28. The molecule has 0 saturated carbocycles. The molecule has 0 aliphatic carbocycles. The fraction of sp³-hybridized carbons (Fsp3) is 0.958. The van der Waals surface area contributed by atoms with Gasteiger partial charge < -0.3 is 80.3 Å². The van der Waals surface area contributed by atoms with E-state index < -0.39 is 111 Å². The summed E-state index contributed by atoms with van der Waals surface area (Å²) in [5, 5.41) is 84.9. The molecule has 17 heteroatoms. The number of aliphatic hydroxyl groups excluding tert-OH is 8. The quantitative estimate of drug-likeness (QED) is 0.0990.